The SMILES string of the molecule is C=C(C)[C@@H]1CC[C@]2(C(=O)O)CC[C@]3(C(=O)O)C(CC[C@@H]4[C@@]5(C)CCC(=O)C(C)(C)C5[C@H](O)C[C@]43C)C12. The smallest absolute Gasteiger partial charge is 0.310 e. The van der Waals surface area contributed by atoms with Crippen molar-refractivity contribution in [3.05, 3.63) is 12.2 Å². The average Bonchev–Trinajstić information content (AvgIpc) is 3.17. The molecule has 0 bridgehead atoms. The molecule has 3 N–H and O–H groups in total. The Hall–Kier alpha value is -1.69. The first-order chi connectivity index (χ1) is 16.6. The number of aliphatic hydroxyl groups excluding tert-OH is 1. The summed E-state index contributed by atoms with van der Waals surface area (Å²) in [6.45, 7) is 14.4. The van der Waals surface area contributed by atoms with Crippen LogP contribution in [0.3, 0.4) is 0 Å². The summed E-state index contributed by atoms with van der Waals surface area (Å²) in [5, 5.41) is 33.3. The largest absolute Gasteiger partial charge is 0.481 e. The van der Waals surface area contributed by atoms with Gasteiger partial charge in [-0.25, -0.2) is 0 Å². The van der Waals surface area contributed by atoms with Gasteiger partial charge in [0.15, 0.2) is 0 Å². The number of carboxylic acid groups (broad SMARTS) is 2. The lowest BCUT2D eigenvalue weighted by Crippen LogP contribution is -2.72. The van der Waals surface area contributed by atoms with Crippen molar-refractivity contribution in [1.29, 1.82) is 0 Å². The molecule has 5 aliphatic carbocycles. The van der Waals surface area contributed by atoms with Crippen LogP contribution in [0.1, 0.15) is 92.4 Å². The van der Waals surface area contributed by atoms with Crippen LogP contribution < -0.4 is 0 Å². The number of aliphatic carboxylic acids is 2. The Morgan fingerprint density at radius 2 is 1.61 bits per heavy atom. The maximum Gasteiger partial charge on any atom is 0.310 e. The summed E-state index contributed by atoms with van der Waals surface area (Å²) in [6.07, 6.45) is 4.24. The van der Waals surface area contributed by atoms with Gasteiger partial charge >= 0.3 is 11.9 Å². The summed E-state index contributed by atoms with van der Waals surface area (Å²) < 4.78 is 0. The summed E-state index contributed by atoms with van der Waals surface area (Å²) in [5.74, 6) is -2.08. The molecule has 36 heavy (non-hydrogen) atoms. The van der Waals surface area contributed by atoms with Crippen LogP contribution in [0, 0.1) is 56.7 Å². The van der Waals surface area contributed by atoms with E-state index >= 15 is 0 Å². The third-order valence-electron chi connectivity index (χ3n) is 12.9. The fourth-order valence-electron chi connectivity index (χ4n) is 11.6. The number of rotatable bonds is 3. The Morgan fingerprint density at radius 3 is 2.19 bits per heavy atom. The van der Waals surface area contributed by atoms with Gasteiger partial charge in [0.25, 0.3) is 0 Å². The van der Waals surface area contributed by atoms with Crippen LogP contribution in [-0.4, -0.2) is 39.1 Å². The van der Waals surface area contributed by atoms with Gasteiger partial charge in [-0.1, -0.05) is 39.8 Å². The third-order valence-corrected chi connectivity index (χ3v) is 12.9. The topological polar surface area (TPSA) is 112 Å². The van der Waals surface area contributed by atoms with Crippen molar-refractivity contribution in [3.8, 4) is 0 Å². The Morgan fingerprint density at radius 1 is 0.944 bits per heavy atom. The molecule has 3 unspecified atom stereocenters. The van der Waals surface area contributed by atoms with Crippen LogP contribution in [0.2, 0.25) is 0 Å². The van der Waals surface area contributed by atoms with Crippen molar-refractivity contribution >= 4 is 17.7 Å². The highest BCUT2D eigenvalue weighted by Gasteiger charge is 2.76. The summed E-state index contributed by atoms with van der Waals surface area (Å²) >= 11 is 0. The lowest BCUT2D eigenvalue weighted by atomic mass is 9.31. The van der Waals surface area contributed by atoms with E-state index in [0.29, 0.717) is 44.9 Å². The Kier molecular flexibility index (Phi) is 5.53. The molecular formula is C30H44O6. The van der Waals surface area contributed by atoms with Gasteiger partial charge in [0, 0.05) is 17.8 Å². The fraction of sp³-hybridized carbons (Fsp3) is 0.833. The van der Waals surface area contributed by atoms with Crippen LogP contribution in [0.4, 0.5) is 0 Å². The molecule has 10 atom stereocenters. The lowest BCUT2D eigenvalue weighted by Gasteiger charge is -2.72. The van der Waals surface area contributed by atoms with E-state index < -0.39 is 39.7 Å². The molecule has 0 aromatic heterocycles. The number of aliphatic hydroxyl groups is 1. The molecule has 0 amide bonds. The molecule has 5 aliphatic rings. The number of hydrogen-bond donors (Lipinski definition) is 3. The number of carboxylic acids is 2. The minimum absolute atomic E-state index is 0.00774. The molecule has 0 spiro atoms. The molecule has 0 aromatic rings. The summed E-state index contributed by atoms with van der Waals surface area (Å²) in [5.41, 5.74) is -2.71. The van der Waals surface area contributed by atoms with Crippen molar-refractivity contribution in [3.63, 3.8) is 0 Å². The fourth-order valence-corrected chi connectivity index (χ4v) is 11.6. The van der Waals surface area contributed by atoms with Gasteiger partial charge in [-0.2, -0.15) is 0 Å². The minimum Gasteiger partial charge on any atom is -0.481 e. The number of carbonyl (C=O) groups excluding carboxylic acids is 1. The molecule has 0 aromatic carbocycles. The zero-order valence-corrected chi connectivity index (χ0v) is 22.6. The standard InChI is InChI=1S/C30H44O6/c1-16(2)17-9-12-29(24(33)34)13-14-30(25(35)36)18(22(17)29)7-8-20-27(5)11-10-21(32)26(3,4)23(27)19(31)15-28(20,30)6/h17-20,22-23,31H,1,7-15H2,2-6H3,(H,33,34)(H,35,36)/t17-,18?,19+,20+,22?,23?,27+,28+,29-,30+/m0/s1. The first kappa shape index (κ1) is 25.9. The number of hydrogen-bond acceptors (Lipinski definition) is 4. The predicted octanol–water partition coefficient (Wildman–Crippen LogP) is 5.33. The van der Waals surface area contributed by atoms with Crippen molar-refractivity contribution in [2.75, 3.05) is 0 Å². The van der Waals surface area contributed by atoms with E-state index in [1.165, 1.54) is 0 Å². The van der Waals surface area contributed by atoms with E-state index in [9.17, 15) is 29.7 Å². The summed E-state index contributed by atoms with van der Waals surface area (Å²) in [4.78, 5) is 39.3. The Balaban J connectivity index is 1.67. The van der Waals surface area contributed by atoms with Gasteiger partial charge in [-0.15, -0.1) is 0 Å². The Bertz CT molecular complexity index is 1030. The molecular weight excluding hydrogens is 456 g/mol. The highest BCUT2D eigenvalue weighted by Crippen LogP contribution is 2.77. The van der Waals surface area contributed by atoms with Crippen LogP contribution in [0.5, 0.6) is 0 Å². The Labute approximate surface area is 214 Å². The zero-order chi connectivity index (χ0) is 26.6. The van der Waals surface area contributed by atoms with Gasteiger partial charge in [0.1, 0.15) is 5.78 Å². The van der Waals surface area contributed by atoms with Gasteiger partial charge < -0.3 is 15.3 Å². The maximum atomic E-state index is 13.6. The quantitative estimate of drug-likeness (QED) is 0.452. The van der Waals surface area contributed by atoms with Gasteiger partial charge in [-0.05, 0) is 92.8 Å². The molecule has 5 fully saturated rings. The number of fused-ring (bicyclic) bond motifs is 7. The van der Waals surface area contributed by atoms with Crippen molar-refractivity contribution in [2.24, 2.45) is 56.7 Å². The molecule has 0 radical (unpaired) electrons. The first-order valence-corrected chi connectivity index (χ1v) is 13.9. The average molecular weight is 501 g/mol. The molecule has 5 saturated carbocycles. The molecule has 5 rings (SSSR count). The monoisotopic (exact) mass is 500 g/mol. The van der Waals surface area contributed by atoms with Crippen molar-refractivity contribution < 1.29 is 29.7 Å². The molecule has 6 heteroatoms. The van der Waals surface area contributed by atoms with Crippen LogP contribution in [0.15, 0.2) is 12.2 Å². The summed E-state index contributed by atoms with van der Waals surface area (Å²) in [7, 11) is 0. The van der Waals surface area contributed by atoms with E-state index in [1.54, 1.807) is 0 Å². The van der Waals surface area contributed by atoms with Crippen LogP contribution >= 0.6 is 0 Å². The van der Waals surface area contributed by atoms with Gasteiger partial charge in [0.05, 0.1) is 16.9 Å². The van der Waals surface area contributed by atoms with E-state index in [-0.39, 0.29) is 40.8 Å². The van der Waals surface area contributed by atoms with Crippen LogP contribution in [0.25, 0.3) is 0 Å². The second kappa shape index (κ2) is 7.68. The van der Waals surface area contributed by atoms with E-state index in [4.69, 9.17) is 0 Å². The number of Topliss-reactive ketones (excluding diaryl/α,β-unsaturated/α-hetero) is 1. The maximum absolute atomic E-state index is 13.6. The third kappa shape index (κ3) is 2.80. The molecule has 6 nitrogen and oxygen atoms in total. The molecule has 0 aliphatic heterocycles. The van der Waals surface area contributed by atoms with Gasteiger partial charge in [0.2, 0.25) is 0 Å². The second-order valence-electron chi connectivity index (χ2n) is 14.3. The number of ketones is 1. The van der Waals surface area contributed by atoms with Crippen molar-refractivity contribution in [2.45, 2.75) is 98.5 Å². The van der Waals surface area contributed by atoms with Gasteiger partial charge in [-0.3, -0.25) is 14.4 Å². The van der Waals surface area contributed by atoms with Crippen molar-refractivity contribution in [1.82, 2.24) is 0 Å². The predicted molar refractivity (Wildman–Crippen MR) is 135 cm³/mol. The molecule has 200 valence electrons. The van der Waals surface area contributed by atoms with E-state index in [1.807, 2.05) is 20.8 Å². The van der Waals surface area contributed by atoms with E-state index in [2.05, 4.69) is 20.4 Å². The second-order valence-corrected chi connectivity index (χ2v) is 14.3. The number of carbonyl (C=O) groups is 3. The normalized spacial score (nSPS) is 51.3. The summed E-state index contributed by atoms with van der Waals surface area (Å²) in [6, 6.07) is 0. The van der Waals surface area contributed by atoms with Crippen LogP contribution in [-0.2, 0) is 14.4 Å². The zero-order valence-electron chi connectivity index (χ0n) is 22.6. The van der Waals surface area contributed by atoms with E-state index in [0.717, 1.165) is 18.4 Å². The molecule has 0 saturated heterocycles. The highest BCUT2D eigenvalue weighted by atomic mass is 16.4. The first-order valence-electron chi connectivity index (χ1n) is 13.9. The highest BCUT2D eigenvalue weighted by molar-refractivity contribution is 5.86. The number of allylic oxidation sites excluding steroid dienone is 1. The minimum atomic E-state index is -1.10. The lowest BCUT2D eigenvalue weighted by molar-refractivity contribution is -0.264. The molecule has 0 heterocycles.